The van der Waals surface area contributed by atoms with Crippen molar-refractivity contribution in [3.05, 3.63) is 183 Å². The van der Waals surface area contributed by atoms with Crippen LogP contribution in [-0.4, -0.2) is 4.98 Å². The summed E-state index contributed by atoms with van der Waals surface area (Å²) in [5.41, 5.74) is 11.6. The van der Waals surface area contributed by atoms with Crippen molar-refractivity contribution in [3.8, 4) is 45.0 Å². The molecule has 0 unspecified atom stereocenters. The smallest absolute Gasteiger partial charge is 0.500 e. The molecule has 9 rings (SSSR count). The van der Waals surface area contributed by atoms with Crippen LogP contribution in [0.4, 0.5) is 0 Å². The third-order valence-electron chi connectivity index (χ3n) is 8.50. The minimum Gasteiger partial charge on any atom is -0.500 e. The Bertz CT molecular complexity index is 2490. The van der Waals surface area contributed by atoms with Crippen molar-refractivity contribution in [2.45, 2.75) is 0 Å². The SMILES string of the molecule is [CH2-]c1ccccc1-c1cccc[n+]1[CH2-].[Ir+3].[c-]1ccc2c(oc3ccccc32)c1-c1nc2cccc(-c3ccc(-c4ccccc4)cc3)c2o1. The molecule has 0 amide bonds. The third-order valence-corrected chi connectivity index (χ3v) is 8.50. The van der Waals surface area contributed by atoms with Gasteiger partial charge in [-0.1, -0.05) is 115 Å². The zero-order valence-corrected chi connectivity index (χ0v) is 28.9. The number of para-hydroxylation sites is 2. The van der Waals surface area contributed by atoms with E-state index in [0.29, 0.717) is 5.89 Å². The Labute approximate surface area is 298 Å². The van der Waals surface area contributed by atoms with Crippen molar-refractivity contribution in [1.82, 2.24) is 4.98 Å². The molecule has 0 radical (unpaired) electrons. The van der Waals surface area contributed by atoms with Crippen LogP contribution in [0.15, 0.2) is 167 Å². The molecule has 0 aliphatic carbocycles. The molecule has 3 aromatic heterocycles. The summed E-state index contributed by atoms with van der Waals surface area (Å²) < 4.78 is 14.4. The van der Waals surface area contributed by atoms with Gasteiger partial charge in [0.1, 0.15) is 17.1 Å². The zero-order chi connectivity index (χ0) is 32.5. The summed E-state index contributed by atoms with van der Waals surface area (Å²) in [4.78, 5) is 4.80. The quantitative estimate of drug-likeness (QED) is 0.131. The summed E-state index contributed by atoms with van der Waals surface area (Å²) in [6.07, 6.45) is 1.93. The third kappa shape index (κ3) is 6.14. The Morgan fingerprint density at radius 1 is 0.571 bits per heavy atom. The zero-order valence-electron chi connectivity index (χ0n) is 26.5. The average molecular weight is 811 g/mol. The van der Waals surface area contributed by atoms with Crippen LogP contribution < -0.4 is 4.57 Å². The second kappa shape index (κ2) is 13.7. The van der Waals surface area contributed by atoms with Gasteiger partial charge in [0, 0.05) is 18.0 Å². The molecule has 0 atom stereocenters. The number of benzene rings is 6. The minimum absolute atomic E-state index is 0. The first-order valence-corrected chi connectivity index (χ1v) is 15.7. The van der Waals surface area contributed by atoms with Gasteiger partial charge in [-0.3, -0.25) is 4.98 Å². The van der Waals surface area contributed by atoms with Crippen LogP contribution in [0.2, 0.25) is 0 Å². The van der Waals surface area contributed by atoms with E-state index in [1.54, 1.807) is 0 Å². The van der Waals surface area contributed by atoms with Gasteiger partial charge in [0.15, 0.2) is 0 Å². The van der Waals surface area contributed by atoms with Crippen LogP contribution in [-0.2, 0) is 20.1 Å². The number of rotatable bonds is 4. The molecule has 0 N–H and O–H groups in total. The molecule has 9 aromatic rings. The first-order chi connectivity index (χ1) is 23.6. The number of aromatic nitrogens is 2. The Morgan fingerprint density at radius 2 is 1.27 bits per heavy atom. The Morgan fingerprint density at radius 3 is 2.08 bits per heavy atom. The van der Waals surface area contributed by atoms with E-state index >= 15 is 0 Å². The molecule has 5 heteroatoms. The number of oxazole rings is 1. The molecule has 6 aromatic carbocycles. The number of nitrogens with zero attached hydrogens (tertiary/aromatic N) is 2. The number of furan rings is 1. The Hall–Kier alpha value is -5.87. The fourth-order valence-electron chi connectivity index (χ4n) is 6.10. The van der Waals surface area contributed by atoms with Crippen molar-refractivity contribution in [2.24, 2.45) is 0 Å². The molecule has 0 fully saturated rings. The van der Waals surface area contributed by atoms with Crippen molar-refractivity contribution < 1.29 is 33.5 Å². The topological polar surface area (TPSA) is 43.0 Å². The Balaban J connectivity index is 0.000000213. The van der Waals surface area contributed by atoms with E-state index < -0.39 is 0 Å². The summed E-state index contributed by atoms with van der Waals surface area (Å²) in [5, 5.41) is 2.10. The minimum atomic E-state index is 0. The molecular formula is C44H30IrN2O2+. The van der Waals surface area contributed by atoms with Gasteiger partial charge >= 0.3 is 20.1 Å². The van der Waals surface area contributed by atoms with E-state index in [1.165, 1.54) is 11.1 Å². The number of hydrogen-bond acceptors (Lipinski definition) is 3. The second-order valence-electron chi connectivity index (χ2n) is 11.5. The fraction of sp³-hybridized carbons (Fsp3) is 0. The molecule has 0 bridgehead atoms. The predicted octanol–water partition coefficient (Wildman–Crippen LogP) is 11.0. The summed E-state index contributed by atoms with van der Waals surface area (Å²) in [7, 11) is 3.93. The first kappa shape index (κ1) is 31.7. The van der Waals surface area contributed by atoms with Crippen molar-refractivity contribution in [1.29, 1.82) is 0 Å². The van der Waals surface area contributed by atoms with Crippen LogP contribution in [0.1, 0.15) is 5.56 Å². The largest absolute Gasteiger partial charge is 3.00 e. The number of fused-ring (bicyclic) bond motifs is 4. The molecule has 3 heterocycles. The molecule has 0 spiro atoms. The summed E-state index contributed by atoms with van der Waals surface area (Å²) in [6, 6.07) is 54.3. The number of hydrogen-bond donors (Lipinski definition) is 0. The molecule has 0 aliphatic heterocycles. The van der Waals surface area contributed by atoms with Gasteiger partial charge in [-0.15, -0.1) is 35.9 Å². The van der Waals surface area contributed by atoms with E-state index in [0.717, 1.165) is 66.5 Å². The molecule has 49 heavy (non-hydrogen) atoms. The van der Waals surface area contributed by atoms with Gasteiger partial charge in [-0.05, 0) is 34.4 Å². The molecule has 0 saturated heterocycles. The maximum atomic E-state index is 6.36. The van der Waals surface area contributed by atoms with E-state index in [2.05, 4.69) is 86.8 Å². The van der Waals surface area contributed by atoms with Gasteiger partial charge in [0.05, 0.1) is 23.0 Å². The van der Waals surface area contributed by atoms with Gasteiger partial charge < -0.3 is 13.4 Å². The van der Waals surface area contributed by atoms with Crippen molar-refractivity contribution in [2.75, 3.05) is 0 Å². The van der Waals surface area contributed by atoms with Gasteiger partial charge in [-0.2, -0.15) is 18.6 Å². The normalized spacial score (nSPS) is 10.9. The average Bonchev–Trinajstić information content (AvgIpc) is 3.75. The molecule has 0 aliphatic rings. The monoisotopic (exact) mass is 811 g/mol. The van der Waals surface area contributed by atoms with Crippen LogP contribution in [0, 0.1) is 20.0 Å². The Kier molecular flexibility index (Phi) is 8.87. The number of pyridine rings is 1. The molecule has 4 nitrogen and oxygen atoms in total. The van der Waals surface area contributed by atoms with Gasteiger partial charge in [0.25, 0.3) is 0 Å². The van der Waals surface area contributed by atoms with Crippen LogP contribution >= 0.6 is 0 Å². The molecule has 0 saturated carbocycles. The molecular weight excluding hydrogens is 781 g/mol. The fourth-order valence-corrected chi connectivity index (χ4v) is 6.10. The van der Waals surface area contributed by atoms with E-state index in [1.807, 2.05) is 95.7 Å². The van der Waals surface area contributed by atoms with Gasteiger partial charge in [-0.25, -0.2) is 0 Å². The second-order valence-corrected chi connectivity index (χ2v) is 11.5. The van der Waals surface area contributed by atoms with E-state index in [4.69, 9.17) is 13.8 Å². The molecule has 236 valence electrons. The first-order valence-electron chi connectivity index (χ1n) is 15.7. The summed E-state index contributed by atoms with van der Waals surface area (Å²) >= 11 is 0. The maximum absolute atomic E-state index is 6.36. The van der Waals surface area contributed by atoms with Crippen molar-refractivity contribution in [3.63, 3.8) is 0 Å². The predicted molar refractivity (Wildman–Crippen MR) is 194 cm³/mol. The summed E-state index contributed by atoms with van der Waals surface area (Å²) in [5.74, 6) is 0.507. The summed E-state index contributed by atoms with van der Waals surface area (Å²) in [6.45, 7) is 4.00. The van der Waals surface area contributed by atoms with Crippen LogP contribution in [0.5, 0.6) is 0 Å². The van der Waals surface area contributed by atoms with Crippen LogP contribution in [0.3, 0.4) is 0 Å². The van der Waals surface area contributed by atoms with Gasteiger partial charge in [0.2, 0.25) is 0 Å². The van der Waals surface area contributed by atoms with Crippen molar-refractivity contribution >= 4 is 33.0 Å². The van der Waals surface area contributed by atoms with E-state index in [-0.39, 0.29) is 20.1 Å². The van der Waals surface area contributed by atoms with E-state index in [9.17, 15) is 0 Å². The standard InChI is InChI=1S/C31H18NO2.C13H12N.Ir/c1-2-8-20(9-3-1)21-16-18-22(19-17-21)23-11-7-14-27-30(23)34-31(32-27)26-13-6-12-25-24-10-4-5-15-28(24)33-29(25)26;1-11-7-3-4-8-12(11)13-9-5-6-10-14(13)2;/h1-12,14-19H;3-10H,1-2H2;/q2*-1;+3. The maximum Gasteiger partial charge on any atom is 3.00 e. The van der Waals surface area contributed by atoms with Crippen LogP contribution in [0.25, 0.3) is 78.0 Å².